The largest absolute Gasteiger partial charge is 0.481 e. The molecule has 0 amide bonds. The van der Waals surface area contributed by atoms with Crippen molar-refractivity contribution in [3.05, 3.63) is 48.0 Å². The second-order valence-electron chi connectivity index (χ2n) is 4.37. The number of hydrogen-bond acceptors (Lipinski definition) is 7. The smallest absolute Gasteiger partial charge is 0.259 e. The molecule has 0 spiro atoms. The van der Waals surface area contributed by atoms with Gasteiger partial charge in [0, 0.05) is 24.9 Å². The first kappa shape index (κ1) is 13.0. The average molecular weight is 283 g/mol. The van der Waals surface area contributed by atoms with Gasteiger partial charge in [-0.3, -0.25) is 0 Å². The second kappa shape index (κ2) is 5.58. The van der Waals surface area contributed by atoms with E-state index in [2.05, 4.69) is 20.1 Å². The second-order valence-corrected chi connectivity index (χ2v) is 4.37. The summed E-state index contributed by atoms with van der Waals surface area (Å²) in [7, 11) is 1.58. The molecule has 3 rings (SSSR count). The molecular weight excluding hydrogens is 270 g/mol. The summed E-state index contributed by atoms with van der Waals surface area (Å²) in [4.78, 5) is 12.5. The number of aromatic nitrogens is 4. The number of hydrogen-bond donors (Lipinski definition) is 1. The maximum absolute atomic E-state index is 5.54. The van der Waals surface area contributed by atoms with Gasteiger partial charge in [0.2, 0.25) is 5.88 Å². The van der Waals surface area contributed by atoms with Gasteiger partial charge in [0.25, 0.3) is 5.89 Å². The molecule has 0 aliphatic rings. The molecule has 7 nitrogen and oxygen atoms in total. The van der Waals surface area contributed by atoms with E-state index in [0.717, 1.165) is 11.1 Å². The number of nitrogens with zero attached hydrogens (tertiary/aromatic N) is 4. The van der Waals surface area contributed by atoms with E-state index >= 15 is 0 Å². The van der Waals surface area contributed by atoms with Gasteiger partial charge in [0.05, 0.1) is 12.7 Å². The van der Waals surface area contributed by atoms with Crippen molar-refractivity contribution in [2.45, 2.75) is 6.42 Å². The minimum absolute atomic E-state index is 0.416. The molecule has 3 aromatic heterocycles. The maximum Gasteiger partial charge on any atom is 0.259 e. The van der Waals surface area contributed by atoms with Crippen molar-refractivity contribution in [1.29, 1.82) is 0 Å². The summed E-state index contributed by atoms with van der Waals surface area (Å²) in [5.74, 6) is 2.01. The molecular formula is C14H13N5O2. The molecule has 0 atom stereocenters. The van der Waals surface area contributed by atoms with Crippen molar-refractivity contribution < 1.29 is 9.26 Å². The molecule has 2 N–H and O–H groups in total. The predicted octanol–water partition coefficient (Wildman–Crippen LogP) is 1.71. The van der Waals surface area contributed by atoms with Gasteiger partial charge >= 0.3 is 0 Å². The van der Waals surface area contributed by atoms with Crippen LogP contribution in [0.5, 0.6) is 5.88 Å². The number of rotatable bonds is 4. The molecule has 0 aromatic carbocycles. The van der Waals surface area contributed by atoms with Crippen molar-refractivity contribution in [2.75, 3.05) is 12.8 Å². The normalized spacial score (nSPS) is 10.5. The summed E-state index contributed by atoms with van der Waals surface area (Å²) in [5.41, 5.74) is 7.24. The highest BCUT2D eigenvalue weighted by Gasteiger charge is 2.10. The Balaban J connectivity index is 1.76. The lowest BCUT2D eigenvalue weighted by molar-refractivity contribution is 0.397. The van der Waals surface area contributed by atoms with Gasteiger partial charge in [-0.25, -0.2) is 9.97 Å². The van der Waals surface area contributed by atoms with Crippen LogP contribution in [0.15, 0.2) is 41.2 Å². The Bertz CT molecular complexity index is 722. The van der Waals surface area contributed by atoms with Crippen molar-refractivity contribution in [3.63, 3.8) is 0 Å². The fourth-order valence-corrected chi connectivity index (χ4v) is 1.79. The van der Waals surface area contributed by atoms with Gasteiger partial charge in [0.15, 0.2) is 5.82 Å². The molecule has 0 unspecified atom stereocenters. The lowest BCUT2D eigenvalue weighted by atomic mass is 10.2. The predicted molar refractivity (Wildman–Crippen MR) is 75.5 cm³/mol. The molecule has 0 aliphatic carbocycles. The van der Waals surface area contributed by atoms with Crippen LogP contribution in [0.3, 0.4) is 0 Å². The number of nitrogen functional groups attached to an aromatic ring is 1. The van der Waals surface area contributed by atoms with E-state index in [0.29, 0.717) is 29.8 Å². The third kappa shape index (κ3) is 2.97. The fourth-order valence-electron chi connectivity index (χ4n) is 1.79. The first-order chi connectivity index (χ1) is 10.2. The molecule has 21 heavy (non-hydrogen) atoms. The number of nitrogens with two attached hydrogens (primary N) is 1. The van der Waals surface area contributed by atoms with Crippen LogP contribution in [-0.4, -0.2) is 27.2 Å². The standard InChI is InChI=1S/C14H13N5O2/c1-20-13-5-2-9(7-17-13)6-12-18-14(21-19-12)10-3-4-11(15)16-8-10/h2-5,7-8H,6H2,1H3,(H2,15,16). The Labute approximate surface area is 120 Å². The highest BCUT2D eigenvalue weighted by molar-refractivity contribution is 5.53. The highest BCUT2D eigenvalue weighted by Crippen LogP contribution is 2.18. The van der Waals surface area contributed by atoms with Gasteiger partial charge in [-0.15, -0.1) is 0 Å². The van der Waals surface area contributed by atoms with E-state index in [4.69, 9.17) is 15.0 Å². The Morgan fingerprint density at radius 1 is 1.14 bits per heavy atom. The maximum atomic E-state index is 5.54. The molecule has 0 radical (unpaired) electrons. The number of ether oxygens (including phenoxy) is 1. The summed E-state index contributed by atoms with van der Waals surface area (Å²) in [6.07, 6.45) is 3.85. The zero-order chi connectivity index (χ0) is 14.7. The fraction of sp³-hybridized carbons (Fsp3) is 0.143. The van der Waals surface area contributed by atoms with E-state index in [1.165, 1.54) is 0 Å². The van der Waals surface area contributed by atoms with Crippen molar-refractivity contribution in [2.24, 2.45) is 0 Å². The SMILES string of the molecule is COc1ccc(Cc2noc(-c3ccc(N)nc3)n2)cn1. The van der Waals surface area contributed by atoms with E-state index < -0.39 is 0 Å². The van der Waals surface area contributed by atoms with E-state index in [-0.39, 0.29) is 0 Å². The highest BCUT2D eigenvalue weighted by atomic mass is 16.5. The summed E-state index contributed by atoms with van der Waals surface area (Å²) >= 11 is 0. The van der Waals surface area contributed by atoms with Crippen LogP contribution in [0, 0.1) is 0 Å². The first-order valence-corrected chi connectivity index (χ1v) is 6.28. The molecule has 0 fully saturated rings. The summed E-state index contributed by atoms with van der Waals surface area (Å²) in [6, 6.07) is 7.17. The third-order valence-electron chi connectivity index (χ3n) is 2.87. The van der Waals surface area contributed by atoms with Crippen LogP contribution in [0.4, 0.5) is 5.82 Å². The molecule has 0 bridgehead atoms. The number of methoxy groups -OCH3 is 1. The topological polar surface area (TPSA) is 100.0 Å². The molecule has 3 heterocycles. The van der Waals surface area contributed by atoms with Crippen LogP contribution >= 0.6 is 0 Å². The van der Waals surface area contributed by atoms with Gasteiger partial charge in [-0.2, -0.15) is 4.98 Å². The Hall–Kier alpha value is -2.96. The minimum atomic E-state index is 0.416. The van der Waals surface area contributed by atoms with E-state index in [1.54, 1.807) is 37.7 Å². The van der Waals surface area contributed by atoms with Crippen molar-refractivity contribution in [3.8, 4) is 17.3 Å². The lowest BCUT2D eigenvalue weighted by Crippen LogP contribution is -1.93. The lowest BCUT2D eigenvalue weighted by Gasteiger charge is -1.99. The summed E-state index contributed by atoms with van der Waals surface area (Å²) < 4.78 is 10.2. The van der Waals surface area contributed by atoms with Crippen LogP contribution in [0.1, 0.15) is 11.4 Å². The Morgan fingerprint density at radius 3 is 2.71 bits per heavy atom. The molecule has 0 aliphatic heterocycles. The third-order valence-corrected chi connectivity index (χ3v) is 2.87. The van der Waals surface area contributed by atoms with Crippen LogP contribution in [-0.2, 0) is 6.42 Å². The monoisotopic (exact) mass is 283 g/mol. The summed E-state index contributed by atoms with van der Waals surface area (Å²) in [5, 5.41) is 3.95. The minimum Gasteiger partial charge on any atom is -0.481 e. The number of anilines is 1. The van der Waals surface area contributed by atoms with Crippen LogP contribution < -0.4 is 10.5 Å². The molecule has 0 saturated carbocycles. The van der Waals surface area contributed by atoms with Gasteiger partial charge in [0.1, 0.15) is 5.82 Å². The average Bonchev–Trinajstić information content (AvgIpc) is 2.97. The summed E-state index contributed by atoms with van der Waals surface area (Å²) in [6.45, 7) is 0. The zero-order valence-electron chi connectivity index (χ0n) is 11.4. The number of pyridine rings is 2. The molecule has 7 heteroatoms. The Kier molecular flexibility index (Phi) is 3.46. The Morgan fingerprint density at radius 2 is 2.05 bits per heavy atom. The quantitative estimate of drug-likeness (QED) is 0.777. The zero-order valence-corrected chi connectivity index (χ0v) is 11.4. The van der Waals surface area contributed by atoms with Crippen LogP contribution in [0.25, 0.3) is 11.5 Å². The van der Waals surface area contributed by atoms with Gasteiger partial charge < -0.3 is 15.0 Å². The molecule has 3 aromatic rings. The van der Waals surface area contributed by atoms with Gasteiger partial charge in [-0.05, 0) is 17.7 Å². The van der Waals surface area contributed by atoms with Gasteiger partial charge in [-0.1, -0.05) is 11.2 Å². The van der Waals surface area contributed by atoms with Crippen LogP contribution in [0.2, 0.25) is 0 Å². The first-order valence-electron chi connectivity index (χ1n) is 6.28. The van der Waals surface area contributed by atoms with E-state index in [1.807, 2.05) is 6.07 Å². The van der Waals surface area contributed by atoms with Crippen molar-refractivity contribution >= 4 is 5.82 Å². The molecule has 0 saturated heterocycles. The molecule has 106 valence electrons. The van der Waals surface area contributed by atoms with E-state index in [9.17, 15) is 0 Å². The van der Waals surface area contributed by atoms with Crippen molar-refractivity contribution in [1.82, 2.24) is 20.1 Å².